The van der Waals surface area contributed by atoms with Crippen molar-refractivity contribution in [2.45, 2.75) is 18.9 Å². The molecule has 98 valence electrons. The molecule has 0 bridgehead atoms. The zero-order chi connectivity index (χ0) is 13.0. The number of aliphatic hydroxyl groups is 1. The predicted molar refractivity (Wildman–Crippen MR) is 64.7 cm³/mol. The van der Waals surface area contributed by atoms with E-state index in [2.05, 4.69) is 0 Å². The first kappa shape index (κ1) is 13.1. The highest BCUT2D eigenvalue weighted by Crippen LogP contribution is 2.11. The number of hydrogen-bond donors (Lipinski definition) is 2. The van der Waals surface area contributed by atoms with Crippen LogP contribution in [0.5, 0.6) is 0 Å². The van der Waals surface area contributed by atoms with Crippen molar-refractivity contribution in [1.29, 1.82) is 0 Å². The van der Waals surface area contributed by atoms with Gasteiger partial charge in [0, 0.05) is 24.7 Å². The SMILES string of the molecule is O=C([O-])C1CC[NH+](C[C@H](O)c2ccccc2)CC1. The van der Waals surface area contributed by atoms with Gasteiger partial charge in [-0.05, 0) is 5.56 Å². The number of carboxylic acids is 1. The Bertz CT molecular complexity index is 385. The Morgan fingerprint density at radius 1 is 1.33 bits per heavy atom. The Balaban J connectivity index is 1.83. The van der Waals surface area contributed by atoms with Crippen molar-refractivity contribution in [3.63, 3.8) is 0 Å². The lowest BCUT2D eigenvalue weighted by atomic mass is 9.96. The van der Waals surface area contributed by atoms with Gasteiger partial charge in [-0.15, -0.1) is 0 Å². The first-order chi connectivity index (χ1) is 8.66. The van der Waals surface area contributed by atoms with E-state index in [0.29, 0.717) is 19.4 Å². The second-order valence-electron chi connectivity index (χ2n) is 4.97. The van der Waals surface area contributed by atoms with Crippen LogP contribution < -0.4 is 10.0 Å². The number of likely N-dealkylation sites (tertiary alicyclic amines) is 1. The number of aliphatic hydroxyl groups excluding tert-OH is 1. The van der Waals surface area contributed by atoms with E-state index in [-0.39, 0.29) is 5.92 Å². The van der Waals surface area contributed by atoms with Gasteiger partial charge in [-0.1, -0.05) is 30.3 Å². The van der Waals surface area contributed by atoms with E-state index in [1.54, 1.807) is 0 Å². The number of nitrogens with one attached hydrogen (secondary N) is 1. The second-order valence-corrected chi connectivity index (χ2v) is 4.97. The zero-order valence-corrected chi connectivity index (χ0v) is 10.3. The maximum absolute atomic E-state index is 10.7. The molecule has 0 amide bonds. The summed E-state index contributed by atoms with van der Waals surface area (Å²) in [5.74, 6) is -1.24. The average Bonchev–Trinajstić information content (AvgIpc) is 2.40. The summed E-state index contributed by atoms with van der Waals surface area (Å²) in [4.78, 5) is 12.0. The van der Waals surface area contributed by atoms with Crippen molar-refractivity contribution in [3.8, 4) is 0 Å². The van der Waals surface area contributed by atoms with Crippen LogP contribution in [0.1, 0.15) is 24.5 Å². The van der Waals surface area contributed by atoms with Crippen LogP contribution in [0.2, 0.25) is 0 Å². The lowest BCUT2D eigenvalue weighted by molar-refractivity contribution is -0.909. The van der Waals surface area contributed by atoms with Gasteiger partial charge in [0.25, 0.3) is 0 Å². The number of carbonyl (C=O) groups excluding carboxylic acids is 1. The molecule has 0 saturated carbocycles. The molecule has 4 nitrogen and oxygen atoms in total. The number of carboxylic acid groups (broad SMARTS) is 1. The molecule has 0 spiro atoms. The molecule has 1 atom stereocenters. The smallest absolute Gasteiger partial charge is 0.128 e. The summed E-state index contributed by atoms with van der Waals surface area (Å²) in [5.41, 5.74) is 0.923. The molecule has 2 rings (SSSR count). The number of rotatable bonds is 4. The second kappa shape index (κ2) is 5.98. The lowest BCUT2D eigenvalue weighted by Gasteiger charge is -2.30. The van der Waals surface area contributed by atoms with Crippen LogP contribution in [0.25, 0.3) is 0 Å². The molecule has 0 radical (unpaired) electrons. The van der Waals surface area contributed by atoms with Crippen molar-refractivity contribution < 1.29 is 19.9 Å². The Kier molecular flexibility index (Phi) is 4.33. The minimum Gasteiger partial charge on any atom is -0.550 e. The van der Waals surface area contributed by atoms with Gasteiger partial charge in [0.2, 0.25) is 0 Å². The van der Waals surface area contributed by atoms with Crippen molar-refractivity contribution >= 4 is 5.97 Å². The highest BCUT2D eigenvalue weighted by atomic mass is 16.4. The predicted octanol–water partition coefficient (Wildman–Crippen LogP) is -1.24. The molecule has 1 saturated heterocycles. The van der Waals surface area contributed by atoms with Crippen LogP contribution in [0.3, 0.4) is 0 Å². The van der Waals surface area contributed by atoms with E-state index >= 15 is 0 Å². The molecule has 4 heteroatoms. The average molecular weight is 249 g/mol. The summed E-state index contributed by atoms with van der Waals surface area (Å²) in [6.07, 6.45) is 0.832. The van der Waals surface area contributed by atoms with E-state index in [4.69, 9.17) is 0 Å². The summed E-state index contributed by atoms with van der Waals surface area (Å²) < 4.78 is 0. The Labute approximate surface area is 107 Å². The summed E-state index contributed by atoms with van der Waals surface area (Å²) >= 11 is 0. The summed E-state index contributed by atoms with van der Waals surface area (Å²) in [7, 11) is 0. The quantitative estimate of drug-likeness (QED) is 0.702. The zero-order valence-electron chi connectivity index (χ0n) is 10.3. The molecule has 0 aromatic heterocycles. The van der Waals surface area contributed by atoms with Gasteiger partial charge >= 0.3 is 0 Å². The van der Waals surface area contributed by atoms with E-state index in [1.165, 1.54) is 4.90 Å². The fourth-order valence-corrected chi connectivity index (χ4v) is 2.53. The third-order valence-corrected chi connectivity index (χ3v) is 3.69. The first-order valence-electron chi connectivity index (χ1n) is 6.44. The molecule has 18 heavy (non-hydrogen) atoms. The highest BCUT2D eigenvalue weighted by Gasteiger charge is 2.24. The Morgan fingerprint density at radius 3 is 2.50 bits per heavy atom. The number of hydrogen-bond acceptors (Lipinski definition) is 3. The maximum Gasteiger partial charge on any atom is 0.128 e. The lowest BCUT2D eigenvalue weighted by Crippen LogP contribution is -3.13. The first-order valence-corrected chi connectivity index (χ1v) is 6.44. The van der Waals surface area contributed by atoms with Crippen molar-refractivity contribution in [1.82, 2.24) is 0 Å². The van der Waals surface area contributed by atoms with Crippen molar-refractivity contribution in [2.24, 2.45) is 5.92 Å². The summed E-state index contributed by atoms with van der Waals surface area (Å²) in [6.45, 7) is 2.23. The standard InChI is InChI=1S/C14H19NO3/c16-13(11-4-2-1-3-5-11)10-15-8-6-12(7-9-15)14(17)18/h1-5,12-13,16H,6-10H2,(H,17,18)/t13-/m0/s1. The molecule has 1 aromatic carbocycles. The third-order valence-electron chi connectivity index (χ3n) is 3.69. The molecule has 1 fully saturated rings. The van der Waals surface area contributed by atoms with Crippen molar-refractivity contribution in [3.05, 3.63) is 35.9 Å². The fourth-order valence-electron chi connectivity index (χ4n) is 2.53. The summed E-state index contributed by atoms with van der Waals surface area (Å²) in [5, 5.41) is 20.8. The van der Waals surface area contributed by atoms with E-state index < -0.39 is 12.1 Å². The van der Waals surface area contributed by atoms with Gasteiger partial charge in [0.1, 0.15) is 12.6 Å². The van der Waals surface area contributed by atoms with Gasteiger partial charge in [-0.3, -0.25) is 0 Å². The molecule has 1 heterocycles. The van der Waals surface area contributed by atoms with Gasteiger partial charge in [-0.25, -0.2) is 0 Å². The van der Waals surface area contributed by atoms with E-state index in [1.807, 2.05) is 30.3 Å². The van der Waals surface area contributed by atoms with Crippen LogP contribution in [-0.4, -0.2) is 30.7 Å². The van der Waals surface area contributed by atoms with E-state index in [0.717, 1.165) is 18.7 Å². The molecular weight excluding hydrogens is 230 g/mol. The van der Waals surface area contributed by atoms with Gasteiger partial charge < -0.3 is 19.9 Å². The molecule has 0 aliphatic carbocycles. The topological polar surface area (TPSA) is 64.8 Å². The summed E-state index contributed by atoms with van der Waals surface area (Å²) in [6, 6.07) is 9.58. The molecule has 1 aromatic rings. The molecule has 1 aliphatic heterocycles. The normalized spacial score (nSPS) is 25.6. The van der Waals surface area contributed by atoms with Crippen LogP contribution in [-0.2, 0) is 4.79 Å². The van der Waals surface area contributed by atoms with Gasteiger partial charge in [-0.2, -0.15) is 0 Å². The molecule has 1 aliphatic rings. The number of piperidine rings is 1. The fraction of sp³-hybridized carbons (Fsp3) is 0.500. The number of aliphatic carboxylic acids is 1. The maximum atomic E-state index is 10.7. The van der Waals surface area contributed by atoms with Gasteiger partial charge in [0.15, 0.2) is 0 Å². The monoisotopic (exact) mass is 249 g/mol. The van der Waals surface area contributed by atoms with Crippen molar-refractivity contribution in [2.75, 3.05) is 19.6 Å². The number of quaternary nitrogens is 1. The Morgan fingerprint density at radius 2 is 1.94 bits per heavy atom. The minimum atomic E-state index is -0.933. The van der Waals surface area contributed by atoms with Crippen LogP contribution in [0, 0.1) is 5.92 Å². The molecular formula is C14H19NO3. The third kappa shape index (κ3) is 3.31. The van der Waals surface area contributed by atoms with Gasteiger partial charge in [0.05, 0.1) is 13.1 Å². The Hall–Kier alpha value is -1.39. The largest absolute Gasteiger partial charge is 0.550 e. The molecule has 2 N–H and O–H groups in total. The van der Waals surface area contributed by atoms with Crippen LogP contribution in [0.15, 0.2) is 30.3 Å². The van der Waals surface area contributed by atoms with E-state index in [9.17, 15) is 15.0 Å². The molecule has 0 unspecified atom stereocenters. The highest BCUT2D eigenvalue weighted by molar-refractivity contribution is 5.67. The number of carbonyl (C=O) groups is 1. The van der Waals surface area contributed by atoms with Crippen LogP contribution in [0.4, 0.5) is 0 Å². The minimum absolute atomic E-state index is 0.303. The number of benzene rings is 1. The van der Waals surface area contributed by atoms with Crippen LogP contribution >= 0.6 is 0 Å².